The maximum atomic E-state index is 12.2. The lowest BCUT2D eigenvalue weighted by Crippen LogP contribution is -2.33. The molecule has 12 aromatic heterocycles. The van der Waals surface area contributed by atoms with Gasteiger partial charge in [-0.1, -0.05) is 199 Å². The molecule has 0 atom stereocenters. The van der Waals surface area contributed by atoms with Crippen molar-refractivity contribution < 1.29 is 38.1 Å². The van der Waals surface area contributed by atoms with Crippen molar-refractivity contribution in [2.45, 2.75) is 186 Å². The summed E-state index contributed by atoms with van der Waals surface area (Å²) in [4.78, 5) is 103. The van der Waals surface area contributed by atoms with Crippen LogP contribution in [0.15, 0.2) is 279 Å². The van der Waals surface area contributed by atoms with Gasteiger partial charge in [0.25, 0.3) is 11.1 Å². The normalized spacial score (nSPS) is 9.20. The molecule has 0 amide bonds. The summed E-state index contributed by atoms with van der Waals surface area (Å²) in [5, 5.41) is 5.81. The highest BCUT2D eigenvalue weighted by atomic mass is 16.7. The summed E-state index contributed by atoms with van der Waals surface area (Å²) in [6.45, 7) is 51.7. The molecule has 0 radical (unpaired) electrons. The maximum Gasteiger partial charge on any atom is 0.340 e. The van der Waals surface area contributed by atoms with Gasteiger partial charge in [0.15, 0.2) is 11.6 Å². The number of hydrogen-bond donors (Lipinski definition) is 8. The molecule has 12 rings (SSSR count). The lowest BCUT2D eigenvalue weighted by atomic mass is 10.1. The summed E-state index contributed by atoms with van der Waals surface area (Å²) in [5.74, 6) is 12.3. The van der Waals surface area contributed by atoms with E-state index in [-0.39, 0.29) is 29.5 Å². The molecule has 32 nitrogen and oxygen atoms in total. The molecule has 0 unspecified atom stereocenters. The molecular weight excluding hydrogens is 1660 g/mol. The van der Waals surface area contributed by atoms with Gasteiger partial charge in [0.2, 0.25) is 6.41 Å². The quantitative estimate of drug-likeness (QED) is 0.00695. The molecule has 0 spiro atoms. The number of nitrogen functional groups attached to an aromatic ring is 2. The number of carbonyl (C=O) groups is 3. The first kappa shape index (κ1) is 128. The third kappa shape index (κ3) is 58.3. The number of aromatic amines is 2. The van der Waals surface area contributed by atoms with Gasteiger partial charge in [0, 0.05) is 167 Å². The molecule has 0 saturated carbocycles. The van der Waals surface area contributed by atoms with Gasteiger partial charge in [-0.2, -0.15) is 0 Å². The number of pyridine rings is 10. The first-order valence-corrected chi connectivity index (χ1v) is 44.7. The average molecular weight is 1810 g/mol. The van der Waals surface area contributed by atoms with Crippen LogP contribution in [0.1, 0.15) is 190 Å². The Kier molecular flexibility index (Phi) is 90.3. The lowest BCUT2D eigenvalue weighted by molar-refractivity contribution is -0.206. The molecule has 0 aliphatic carbocycles. The number of esters is 3. The van der Waals surface area contributed by atoms with Crippen molar-refractivity contribution in [3.63, 3.8) is 0 Å². The van der Waals surface area contributed by atoms with E-state index >= 15 is 0 Å². The minimum atomic E-state index is -0.416. The Morgan fingerprint density at radius 1 is 0.397 bits per heavy atom. The van der Waals surface area contributed by atoms with E-state index < -0.39 is 5.97 Å². The Morgan fingerprint density at radius 3 is 1.03 bits per heavy atom. The van der Waals surface area contributed by atoms with Crippen LogP contribution >= 0.6 is 0 Å². The molecule has 10 N–H and O–H groups in total. The van der Waals surface area contributed by atoms with Crippen LogP contribution in [0.4, 0.5) is 17.5 Å². The molecule has 131 heavy (non-hydrogen) atoms. The fourth-order valence-electron chi connectivity index (χ4n) is 8.76. The van der Waals surface area contributed by atoms with E-state index in [4.69, 9.17) is 35.4 Å². The molecule has 0 aliphatic heterocycles. The predicted octanol–water partition coefficient (Wildman–Crippen LogP) is 19.9. The number of H-pyrrole nitrogens is 2. The molecule has 0 fully saturated rings. The third-order valence-electron chi connectivity index (χ3n) is 13.7. The van der Waals surface area contributed by atoms with Gasteiger partial charge in [-0.15, -0.1) is 0 Å². The Hall–Kier alpha value is -13.8. The minimum absolute atomic E-state index is 0.137. The van der Waals surface area contributed by atoms with Gasteiger partial charge in [-0.3, -0.25) is 59.8 Å². The van der Waals surface area contributed by atoms with E-state index in [0.29, 0.717) is 96.4 Å². The number of nitrogens with one attached hydrogen (secondary N) is 6. The second-order valence-corrected chi connectivity index (χ2v) is 22.2. The zero-order chi connectivity index (χ0) is 100. The standard InChI is InChI=1S/C15H16N4O2.2C13H10N4O.C12H16N2O2.C9H11NO2.C7H17NO2.2C5H7N3.10C2H6/c1-2-21-15(20)13(12-6-5-8-16-10-12)11-18-19-14-7-3-4-9-17-14;2*18-13-11(10-4-3-6-14-8-10)9-16-17(13)12-5-1-2-7-15-12;1-4-16-12(15)11(9-14(2)3)10-6-5-7-13-8-10;1-2-12-9(11)6-8-4-3-5-10-7-8;1-5-9-7(8(3)4)10-6-2;2*6-8-5-3-1-2-4-7-5;10*1-2/h3-11,18H,2H2,1H3,(H,17,19);2*1-9,16H;5-9H,4H2,1-3H3;3-5,7H,2,6H2,1H3;7H,5-6H2,1-4H3;2*1-4H,6H2,(H,7,8);10*1-2H3. The molecule has 0 bridgehead atoms. The van der Waals surface area contributed by atoms with Gasteiger partial charge < -0.3 is 44.9 Å². The van der Waals surface area contributed by atoms with Crippen LogP contribution in [0.5, 0.6) is 0 Å². The summed E-state index contributed by atoms with van der Waals surface area (Å²) >= 11 is 0. The topological polar surface area (TPSA) is 408 Å². The minimum Gasteiger partial charge on any atom is -0.466 e. The smallest absolute Gasteiger partial charge is 0.340 e. The number of carbonyl (C=O) groups excluding carboxylic acids is 3. The summed E-state index contributed by atoms with van der Waals surface area (Å²) in [5.41, 5.74) is 16.2. The van der Waals surface area contributed by atoms with Crippen molar-refractivity contribution in [1.82, 2.24) is 84.6 Å². The number of nitrogens with two attached hydrogens (primary N) is 2. The number of aromatic nitrogens is 14. The van der Waals surface area contributed by atoms with Crippen LogP contribution in [-0.2, 0) is 44.5 Å². The van der Waals surface area contributed by atoms with E-state index in [0.717, 1.165) is 22.3 Å². The highest BCUT2D eigenvalue weighted by molar-refractivity contribution is 6.16. The highest BCUT2D eigenvalue weighted by Gasteiger charge is 2.16. The van der Waals surface area contributed by atoms with Crippen LogP contribution in [-0.4, -0.2) is 165 Å². The van der Waals surface area contributed by atoms with E-state index in [1.807, 2.05) is 258 Å². The number of rotatable bonds is 24. The van der Waals surface area contributed by atoms with Crippen molar-refractivity contribution in [3.8, 4) is 33.9 Å². The number of ether oxygens (including phenoxy) is 5. The molecule has 720 valence electrons. The Bertz CT molecular complexity index is 4370. The maximum absolute atomic E-state index is 12.2. The third-order valence-corrected chi connectivity index (χ3v) is 13.7. The molecule has 0 aromatic carbocycles. The summed E-state index contributed by atoms with van der Waals surface area (Å²) in [6.07, 6.45) is 31.6. The average Bonchev–Trinajstić information content (AvgIpc) is 1.68. The SMILES string of the molecule is CC.CC.CC.CC.CC.CC.CC.CC.CC.CC.CCOC(=O)C(=CN(C)C)c1cccnc1.CCOC(=O)C(=CNNc1ccccn1)c1cccnc1.CCOC(=O)Cc1cccnc1.CCOC(OCC)N(C)C.NNc1ccccn1.NNc1ccccn1.O=c1c(-c2cccnc2)c[nH]n1-c1ccccn1.O=c1c(-c2cccnc2)c[nH]n1-c1ccccn1. The number of anilines is 3. The van der Waals surface area contributed by atoms with Gasteiger partial charge in [0.1, 0.15) is 17.5 Å². The van der Waals surface area contributed by atoms with Crippen LogP contribution in [0.2, 0.25) is 0 Å². The van der Waals surface area contributed by atoms with Crippen LogP contribution in [0.25, 0.3) is 45.0 Å². The molecule has 12 aromatic rings. The second kappa shape index (κ2) is 92.4. The van der Waals surface area contributed by atoms with Gasteiger partial charge in [0.05, 0.1) is 48.5 Å². The molecule has 12 heterocycles. The number of hydrogen-bond acceptors (Lipinski definition) is 28. The fourth-order valence-corrected chi connectivity index (χ4v) is 8.76. The first-order chi connectivity index (χ1) is 64.1. The van der Waals surface area contributed by atoms with Gasteiger partial charge in [-0.25, -0.2) is 55.6 Å². The van der Waals surface area contributed by atoms with Crippen molar-refractivity contribution in [2.24, 2.45) is 11.7 Å². The zero-order valence-electron chi connectivity index (χ0n) is 83.2. The van der Waals surface area contributed by atoms with E-state index in [2.05, 4.69) is 81.7 Å². The Morgan fingerprint density at radius 2 is 0.740 bits per heavy atom. The first-order valence-electron chi connectivity index (χ1n) is 44.7. The highest BCUT2D eigenvalue weighted by Crippen LogP contribution is 2.18. The van der Waals surface area contributed by atoms with E-state index in [9.17, 15) is 24.0 Å². The van der Waals surface area contributed by atoms with Gasteiger partial charge >= 0.3 is 17.9 Å². The molecule has 32 heteroatoms. The van der Waals surface area contributed by atoms with E-state index in [1.165, 1.54) is 15.6 Å². The summed E-state index contributed by atoms with van der Waals surface area (Å²) in [6, 6.07) is 45.4. The lowest BCUT2D eigenvalue weighted by Gasteiger charge is -2.22. The Balaban J connectivity index is -0.000000336. The second-order valence-electron chi connectivity index (χ2n) is 22.2. The molecular formula is C99H154N22O10. The predicted molar refractivity (Wildman–Crippen MR) is 540 cm³/mol. The van der Waals surface area contributed by atoms with Crippen molar-refractivity contribution in [1.29, 1.82) is 0 Å². The van der Waals surface area contributed by atoms with Crippen LogP contribution in [0, 0.1) is 0 Å². The van der Waals surface area contributed by atoms with Crippen LogP contribution < -0.4 is 44.5 Å². The summed E-state index contributed by atoms with van der Waals surface area (Å²) in [7, 11) is 7.57. The zero-order valence-corrected chi connectivity index (χ0v) is 83.2. The molecule has 0 aliphatic rings. The van der Waals surface area contributed by atoms with Crippen LogP contribution in [0.3, 0.4) is 0 Å². The van der Waals surface area contributed by atoms with E-state index in [1.54, 1.807) is 216 Å². The monoisotopic (exact) mass is 1810 g/mol. The largest absolute Gasteiger partial charge is 0.466 e. The Labute approximate surface area is 781 Å². The summed E-state index contributed by atoms with van der Waals surface area (Å²) < 4.78 is 28.1. The fraction of sp³-hybridized carbons (Fsp3) is 0.364. The number of hydrazine groups is 3. The van der Waals surface area contributed by atoms with Gasteiger partial charge in [-0.05, 0) is 145 Å². The number of nitrogens with zero attached hydrogens (tertiary/aromatic N) is 14. The molecule has 0 saturated heterocycles. The van der Waals surface area contributed by atoms with Crippen molar-refractivity contribution in [2.75, 3.05) is 77.5 Å². The van der Waals surface area contributed by atoms with Crippen molar-refractivity contribution in [3.05, 3.63) is 307 Å². The van der Waals surface area contributed by atoms with Crippen molar-refractivity contribution >= 4 is 46.5 Å².